The molecule has 1 atom stereocenters. The predicted molar refractivity (Wildman–Crippen MR) is 84.2 cm³/mol. The molecule has 0 aliphatic rings. The van der Waals surface area contributed by atoms with Crippen LogP contribution in [0.1, 0.15) is 18.1 Å². The molecule has 1 aromatic carbocycles. The Balaban J connectivity index is 3.52. The smallest absolute Gasteiger partial charge is 0.376 e. The van der Waals surface area contributed by atoms with E-state index in [-0.39, 0.29) is 4.47 Å². The summed E-state index contributed by atoms with van der Waals surface area (Å²) >= 11 is 2.76. The second-order valence-electron chi connectivity index (χ2n) is 6.52. The van der Waals surface area contributed by atoms with Gasteiger partial charge in [0, 0.05) is 18.0 Å². The van der Waals surface area contributed by atoms with Gasteiger partial charge in [-0.05, 0) is 11.6 Å². The zero-order valence-electron chi connectivity index (χ0n) is 15.5. The van der Waals surface area contributed by atoms with Crippen LogP contribution in [0.25, 0.3) is 0 Å². The van der Waals surface area contributed by atoms with Crippen LogP contribution in [0, 0.1) is 0 Å². The number of methoxy groups -OCH3 is 1. The average molecular weight is 583 g/mol. The Hall–Kier alpha value is -1.39. The number of alkyl halides is 15. The fraction of sp³-hybridized carbons (Fsp3) is 0.625. The molecule has 192 valence electrons. The van der Waals surface area contributed by atoms with E-state index in [0.717, 1.165) is 18.2 Å². The largest absolute Gasteiger partial charge is 0.460 e. The Kier molecular flexibility index (Phi) is 7.80. The van der Waals surface area contributed by atoms with Crippen LogP contribution < -0.4 is 0 Å². The van der Waals surface area contributed by atoms with Gasteiger partial charge in [-0.25, -0.2) is 0 Å². The summed E-state index contributed by atoms with van der Waals surface area (Å²) in [5, 5.41) is 0. The van der Waals surface area contributed by atoms with E-state index in [4.69, 9.17) is 0 Å². The maximum atomic E-state index is 14.1. The van der Waals surface area contributed by atoms with Gasteiger partial charge in [-0.2, -0.15) is 65.9 Å². The highest BCUT2D eigenvalue weighted by Crippen LogP contribution is 2.63. The van der Waals surface area contributed by atoms with Gasteiger partial charge in [0.15, 0.2) is 0 Å². The monoisotopic (exact) mass is 582 g/mol. The zero-order valence-corrected chi connectivity index (χ0v) is 17.1. The van der Waals surface area contributed by atoms with Gasteiger partial charge < -0.3 is 4.74 Å². The number of hydrogen-bond donors (Lipinski definition) is 0. The summed E-state index contributed by atoms with van der Waals surface area (Å²) in [6, 6.07) is 4.44. The standard InChI is InChI=1S/C16H10BrF15O/c1-33-9(7-4-2-3-5-8(7)17)6-10(18,19)11(20,21)12(22,23)13(24,25)14(26,27)15(28,29)16(30,31)32/h2-5,9H,6H2,1H3. The van der Waals surface area contributed by atoms with Crippen molar-refractivity contribution in [3.8, 4) is 0 Å². The highest BCUT2D eigenvalue weighted by Gasteiger charge is 2.93. The predicted octanol–water partition coefficient (Wildman–Crippen LogP) is 7.90. The van der Waals surface area contributed by atoms with Crippen LogP contribution >= 0.6 is 15.9 Å². The lowest BCUT2D eigenvalue weighted by Crippen LogP contribution is -2.72. The summed E-state index contributed by atoms with van der Waals surface area (Å²) < 4.78 is 203. The summed E-state index contributed by atoms with van der Waals surface area (Å²) in [5.74, 6) is -46.6. The van der Waals surface area contributed by atoms with Crippen LogP contribution in [0.3, 0.4) is 0 Å². The van der Waals surface area contributed by atoms with Crippen molar-refractivity contribution < 1.29 is 70.6 Å². The van der Waals surface area contributed by atoms with E-state index < -0.39 is 59.8 Å². The van der Waals surface area contributed by atoms with E-state index >= 15 is 0 Å². The lowest BCUT2D eigenvalue weighted by molar-refractivity contribution is -0.453. The molecule has 0 amide bonds. The lowest BCUT2D eigenvalue weighted by atomic mass is 9.88. The molecule has 0 aromatic heterocycles. The van der Waals surface area contributed by atoms with E-state index in [9.17, 15) is 65.9 Å². The lowest BCUT2D eigenvalue weighted by Gasteiger charge is -2.42. The molecular weight excluding hydrogens is 573 g/mol. The maximum Gasteiger partial charge on any atom is 0.460 e. The molecule has 0 fully saturated rings. The molecule has 0 saturated carbocycles. The Morgan fingerprint density at radius 3 is 1.45 bits per heavy atom. The molecule has 0 saturated heterocycles. The molecule has 1 unspecified atom stereocenters. The van der Waals surface area contributed by atoms with Crippen molar-refractivity contribution in [3.63, 3.8) is 0 Å². The minimum absolute atomic E-state index is 0.135. The van der Waals surface area contributed by atoms with Gasteiger partial charge in [0.1, 0.15) is 0 Å². The van der Waals surface area contributed by atoms with Crippen LogP contribution in [-0.2, 0) is 4.74 Å². The van der Waals surface area contributed by atoms with E-state index in [0.29, 0.717) is 7.11 Å². The second kappa shape index (κ2) is 8.68. The highest BCUT2D eigenvalue weighted by molar-refractivity contribution is 9.10. The molecular formula is C16H10BrF15O. The van der Waals surface area contributed by atoms with E-state index in [1.54, 1.807) is 0 Å². The number of halogens is 16. The van der Waals surface area contributed by atoms with Crippen LogP contribution in [0.5, 0.6) is 0 Å². The normalized spacial score (nSPS) is 16.2. The Morgan fingerprint density at radius 1 is 0.667 bits per heavy atom. The first kappa shape index (κ1) is 29.6. The molecule has 0 spiro atoms. The Bertz CT molecular complexity index is 833. The summed E-state index contributed by atoms with van der Waals surface area (Å²) in [6.45, 7) is 0. The van der Waals surface area contributed by atoms with E-state index in [2.05, 4.69) is 20.7 Å². The van der Waals surface area contributed by atoms with Gasteiger partial charge in [-0.15, -0.1) is 0 Å². The van der Waals surface area contributed by atoms with Crippen molar-refractivity contribution in [2.24, 2.45) is 0 Å². The van der Waals surface area contributed by atoms with Gasteiger partial charge >= 0.3 is 41.7 Å². The third-order valence-corrected chi connectivity index (χ3v) is 5.09. The van der Waals surface area contributed by atoms with Crippen LogP contribution in [0.15, 0.2) is 28.7 Å². The number of benzene rings is 1. The number of rotatable bonds is 9. The first-order chi connectivity index (χ1) is 14.4. The van der Waals surface area contributed by atoms with Crippen LogP contribution in [0.4, 0.5) is 65.9 Å². The Labute approximate surface area is 183 Å². The van der Waals surface area contributed by atoms with Gasteiger partial charge in [-0.3, -0.25) is 0 Å². The summed E-state index contributed by atoms with van der Waals surface area (Å²) in [5.41, 5.74) is -0.431. The summed E-state index contributed by atoms with van der Waals surface area (Å²) in [7, 11) is 0.586. The molecule has 1 aromatic rings. The van der Waals surface area contributed by atoms with Crippen molar-refractivity contribution >= 4 is 15.9 Å². The third kappa shape index (κ3) is 4.50. The minimum atomic E-state index is -8.30. The fourth-order valence-corrected chi connectivity index (χ4v) is 2.96. The first-order valence-electron chi connectivity index (χ1n) is 8.05. The average Bonchev–Trinajstić information content (AvgIpc) is 2.65. The number of ether oxygens (including phenoxy) is 1. The van der Waals surface area contributed by atoms with Crippen molar-refractivity contribution in [1.82, 2.24) is 0 Å². The van der Waals surface area contributed by atoms with Crippen molar-refractivity contribution in [2.45, 2.75) is 54.2 Å². The molecule has 0 radical (unpaired) electrons. The molecule has 1 nitrogen and oxygen atoms in total. The van der Waals surface area contributed by atoms with Gasteiger partial charge in [-0.1, -0.05) is 34.1 Å². The van der Waals surface area contributed by atoms with Gasteiger partial charge in [0.2, 0.25) is 0 Å². The quantitative estimate of drug-likeness (QED) is 0.269. The summed E-state index contributed by atoms with van der Waals surface area (Å²) in [4.78, 5) is 0. The van der Waals surface area contributed by atoms with E-state index in [1.165, 1.54) is 6.07 Å². The van der Waals surface area contributed by atoms with Crippen LogP contribution in [-0.4, -0.2) is 48.8 Å². The minimum Gasteiger partial charge on any atom is -0.376 e. The van der Waals surface area contributed by atoms with Crippen molar-refractivity contribution in [1.29, 1.82) is 0 Å². The molecule has 0 bridgehead atoms. The molecule has 33 heavy (non-hydrogen) atoms. The molecule has 0 N–H and O–H groups in total. The molecule has 0 heterocycles. The highest BCUT2D eigenvalue weighted by atomic mass is 79.9. The first-order valence-corrected chi connectivity index (χ1v) is 8.84. The van der Waals surface area contributed by atoms with Crippen LogP contribution in [0.2, 0.25) is 0 Å². The van der Waals surface area contributed by atoms with Gasteiger partial charge in [0.05, 0.1) is 6.10 Å². The third-order valence-electron chi connectivity index (χ3n) is 4.37. The van der Waals surface area contributed by atoms with Crippen molar-refractivity contribution in [3.05, 3.63) is 34.3 Å². The molecule has 1 rings (SSSR count). The number of hydrogen-bond acceptors (Lipinski definition) is 1. The van der Waals surface area contributed by atoms with Crippen molar-refractivity contribution in [2.75, 3.05) is 7.11 Å². The topological polar surface area (TPSA) is 9.23 Å². The van der Waals surface area contributed by atoms with E-state index in [1.807, 2.05) is 0 Å². The van der Waals surface area contributed by atoms with Gasteiger partial charge in [0.25, 0.3) is 0 Å². The zero-order chi connectivity index (χ0) is 26.5. The maximum absolute atomic E-state index is 14.1. The molecule has 0 aliphatic heterocycles. The fourth-order valence-electron chi connectivity index (χ4n) is 2.42. The SMILES string of the molecule is COC(CC(F)(F)C(F)(F)C(F)(F)C(F)(F)C(F)(F)C(F)(F)C(F)(F)F)c1ccccc1Br. The summed E-state index contributed by atoms with van der Waals surface area (Å²) in [6.07, 6.45) is -12.5. The second-order valence-corrected chi connectivity index (χ2v) is 7.38. The molecule has 0 aliphatic carbocycles. The Morgan fingerprint density at radius 2 is 1.06 bits per heavy atom. The molecule has 17 heteroatoms.